The summed E-state index contributed by atoms with van der Waals surface area (Å²) in [6.45, 7) is 0. The topological polar surface area (TPSA) is 3.24 Å². The zero-order valence-corrected chi connectivity index (χ0v) is 45.7. The van der Waals surface area contributed by atoms with Gasteiger partial charge in [-0.3, -0.25) is 0 Å². The Bertz CT molecular complexity index is 4150. The largest absolute Gasteiger partial charge is 0.311 e. The summed E-state index contributed by atoms with van der Waals surface area (Å²) in [5, 5.41) is 0. The van der Waals surface area contributed by atoms with Crippen LogP contribution in [0.2, 0.25) is 0 Å². The van der Waals surface area contributed by atoms with Crippen molar-refractivity contribution in [2.24, 2.45) is 5.92 Å². The van der Waals surface area contributed by atoms with Crippen molar-refractivity contribution in [3.8, 4) is 66.8 Å². The van der Waals surface area contributed by atoms with E-state index in [1.807, 2.05) is 0 Å². The lowest BCUT2D eigenvalue weighted by atomic mass is 9.36. The second kappa shape index (κ2) is 18.1. The molecule has 11 aromatic rings. The van der Waals surface area contributed by atoms with E-state index in [9.17, 15) is 0 Å². The van der Waals surface area contributed by atoms with E-state index in [0.717, 1.165) is 36.3 Å². The first-order valence-corrected chi connectivity index (χ1v) is 29.9. The van der Waals surface area contributed by atoms with Gasteiger partial charge in [-0.1, -0.05) is 237 Å². The van der Waals surface area contributed by atoms with Crippen LogP contribution in [0, 0.1) is 5.92 Å². The standard InChI is InChI=1S/C80H63N/c1-3-18-53(19-4-1)55-34-40-61(41-35-55)81(62-42-36-56(37-43-62)54-20-5-2-6-21-54)63-44-38-57(39-45-63)67-30-17-33-75-76(67)72-29-12-9-24-66(72)60-51-79-50-59(65-23-8-11-26-69(65)71-28-14-16-32-74(71)79)49-78-47-46-58(48-80(75,52-60)77(78)79)64-22-7-10-25-68(64)70-27-13-15-31-73(70)78/h1-45,58-60,77H,46-52H2. The Morgan fingerprint density at radius 2 is 0.617 bits per heavy atom. The predicted octanol–water partition coefficient (Wildman–Crippen LogP) is 21.0. The SMILES string of the molecule is c1ccc(-c2ccc(N(c3ccc(-c4ccccc4)cc3)c3ccc(-c4cccc5c4-c4ccccc4C4CC67CC(CC89CCC(CC5(C4)C86)c4ccccc4-c4ccccc49)c4ccccc4-c4ccccc47)cc3)cc2)cc1. The van der Waals surface area contributed by atoms with Gasteiger partial charge in [0, 0.05) is 33.3 Å². The Labute approximate surface area is 477 Å². The molecule has 388 valence electrons. The van der Waals surface area contributed by atoms with Gasteiger partial charge in [-0.25, -0.2) is 0 Å². The molecule has 3 saturated carbocycles. The molecule has 6 aliphatic carbocycles. The van der Waals surface area contributed by atoms with Gasteiger partial charge in [-0.15, -0.1) is 0 Å². The molecular weight excluding hydrogens is 975 g/mol. The maximum atomic E-state index is 2.65. The summed E-state index contributed by atoms with van der Waals surface area (Å²) in [6, 6.07) is 106. The van der Waals surface area contributed by atoms with Gasteiger partial charge in [-0.05, 0) is 205 Å². The second-order valence-corrected chi connectivity index (χ2v) is 24.8. The van der Waals surface area contributed by atoms with Crippen LogP contribution in [-0.4, -0.2) is 0 Å². The average Bonchev–Trinajstić information content (AvgIpc) is 2.72. The van der Waals surface area contributed by atoms with Crippen LogP contribution in [0.4, 0.5) is 17.1 Å². The van der Waals surface area contributed by atoms with E-state index in [2.05, 4.69) is 278 Å². The van der Waals surface area contributed by atoms with E-state index < -0.39 is 0 Å². The first kappa shape index (κ1) is 47.1. The van der Waals surface area contributed by atoms with E-state index in [4.69, 9.17) is 0 Å². The van der Waals surface area contributed by atoms with Gasteiger partial charge in [-0.2, -0.15) is 0 Å². The van der Waals surface area contributed by atoms with E-state index in [1.54, 1.807) is 33.4 Å². The Balaban J connectivity index is 0.885. The van der Waals surface area contributed by atoms with Crippen molar-refractivity contribution < 1.29 is 0 Å². The van der Waals surface area contributed by atoms with Gasteiger partial charge in [0.05, 0.1) is 0 Å². The molecule has 1 nitrogen and oxygen atoms in total. The molecule has 0 saturated heterocycles. The highest BCUT2D eigenvalue weighted by Gasteiger charge is 2.71. The fraction of sp³-hybridized carbons (Fsp3) is 0.175. The summed E-state index contributed by atoms with van der Waals surface area (Å²) >= 11 is 0. The molecule has 7 unspecified atom stereocenters. The lowest BCUT2D eigenvalue weighted by Crippen LogP contribution is -2.64. The minimum Gasteiger partial charge on any atom is -0.311 e. The van der Waals surface area contributed by atoms with E-state index in [0.29, 0.717) is 23.7 Å². The van der Waals surface area contributed by atoms with Crippen molar-refractivity contribution in [3.63, 3.8) is 0 Å². The van der Waals surface area contributed by atoms with Crippen LogP contribution in [0.25, 0.3) is 66.8 Å². The van der Waals surface area contributed by atoms with Crippen LogP contribution >= 0.6 is 0 Å². The summed E-state index contributed by atoms with van der Waals surface area (Å²) in [5.41, 5.74) is 28.8. The molecule has 0 aromatic heterocycles. The first-order chi connectivity index (χ1) is 40.1. The molecule has 6 aliphatic rings. The molecule has 3 spiro atoms. The number of benzene rings is 11. The highest BCUT2D eigenvalue weighted by atomic mass is 15.1. The molecule has 17 rings (SSSR count). The molecule has 7 atom stereocenters. The fourth-order valence-corrected chi connectivity index (χ4v) is 18.5. The van der Waals surface area contributed by atoms with Crippen molar-refractivity contribution in [1.29, 1.82) is 0 Å². The minimum atomic E-state index is -0.151. The van der Waals surface area contributed by atoms with Crippen LogP contribution in [-0.2, 0) is 16.2 Å². The van der Waals surface area contributed by atoms with Gasteiger partial charge in [0.15, 0.2) is 0 Å². The molecule has 0 heterocycles. The monoisotopic (exact) mass is 1040 g/mol. The average molecular weight is 1040 g/mol. The number of anilines is 3. The second-order valence-electron chi connectivity index (χ2n) is 24.8. The Hall–Kier alpha value is -8.78. The molecule has 6 bridgehead atoms. The molecule has 0 N–H and O–H groups in total. The molecule has 81 heavy (non-hydrogen) atoms. The van der Waals surface area contributed by atoms with Crippen molar-refractivity contribution in [1.82, 2.24) is 0 Å². The van der Waals surface area contributed by atoms with Crippen molar-refractivity contribution in [2.75, 3.05) is 4.90 Å². The smallest absolute Gasteiger partial charge is 0.0462 e. The van der Waals surface area contributed by atoms with Crippen molar-refractivity contribution in [2.45, 2.75) is 78.9 Å². The lowest BCUT2D eigenvalue weighted by molar-refractivity contribution is -0.0410. The molecule has 0 radical (unpaired) electrons. The van der Waals surface area contributed by atoms with Gasteiger partial charge in [0.2, 0.25) is 0 Å². The van der Waals surface area contributed by atoms with Crippen LogP contribution in [0.3, 0.4) is 0 Å². The number of rotatable bonds is 6. The zero-order chi connectivity index (χ0) is 53.3. The highest BCUT2D eigenvalue weighted by Crippen LogP contribution is 2.78. The summed E-state index contributed by atoms with van der Waals surface area (Å²) < 4.78 is 0. The van der Waals surface area contributed by atoms with Crippen molar-refractivity contribution >= 4 is 17.1 Å². The molecule has 0 amide bonds. The molecule has 1 heteroatoms. The third kappa shape index (κ3) is 6.97. The van der Waals surface area contributed by atoms with Crippen LogP contribution < -0.4 is 4.90 Å². The molecular formula is C80H63N. The van der Waals surface area contributed by atoms with Crippen LogP contribution in [0.1, 0.15) is 96.1 Å². The Morgan fingerprint density at radius 3 is 1.16 bits per heavy atom. The first-order valence-electron chi connectivity index (χ1n) is 29.9. The molecule has 3 fully saturated rings. The number of fused-ring (bicyclic) bond motifs is 16. The maximum Gasteiger partial charge on any atom is 0.0462 e. The normalized spacial score (nSPS) is 23.9. The Kier molecular flexibility index (Phi) is 10.5. The summed E-state index contributed by atoms with van der Waals surface area (Å²) in [4.78, 5) is 2.43. The van der Waals surface area contributed by atoms with Gasteiger partial charge in [0.1, 0.15) is 0 Å². The van der Waals surface area contributed by atoms with Gasteiger partial charge in [0.25, 0.3) is 0 Å². The quantitative estimate of drug-likeness (QED) is 0.160. The molecule has 11 aromatic carbocycles. The minimum absolute atomic E-state index is 0.0785. The third-order valence-electron chi connectivity index (χ3n) is 21.1. The summed E-state index contributed by atoms with van der Waals surface area (Å²) in [7, 11) is 0. The van der Waals surface area contributed by atoms with Gasteiger partial charge >= 0.3 is 0 Å². The fourth-order valence-electron chi connectivity index (χ4n) is 18.5. The van der Waals surface area contributed by atoms with E-state index in [1.165, 1.54) is 92.4 Å². The molecule has 0 aliphatic heterocycles. The van der Waals surface area contributed by atoms with E-state index in [-0.39, 0.29) is 16.2 Å². The summed E-state index contributed by atoms with van der Waals surface area (Å²) in [5.74, 6) is 1.60. The van der Waals surface area contributed by atoms with Crippen LogP contribution in [0.15, 0.2) is 273 Å². The highest BCUT2D eigenvalue weighted by molar-refractivity contribution is 5.91. The third-order valence-corrected chi connectivity index (χ3v) is 21.1. The Morgan fingerprint density at radius 1 is 0.259 bits per heavy atom. The summed E-state index contributed by atoms with van der Waals surface area (Å²) in [6.07, 6.45) is 8.22. The van der Waals surface area contributed by atoms with Gasteiger partial charge < -0.3 is 4.90 Å². The van der Waals surface area contributed by atoms with E-state index >= 15 is 0 Å². The number of hydrogen-bond acceptors (Lipinski definition) is 1. The zero-order valence-electron chi connectivity index (χ0n) is 45.7. The lowest BCUT2D eigenvalue weighted by Gasteiger charge is -2.67. The number of hydrogen-bond donors (Lipinski definition) is 0. The maximum absolute atomic E-state index is 2.65. The van der Waals surface area contributed by atoms with Crippen LogP contribution in [0.5, 0.6) is 0 Å². The number of nitrogens with zero attached hydrogens (tertiary/aromatic N) is 1. The predicted molar refractivity (Wildman–Crippen MR) is 336 cm³/mol. The van der Waals surface area contributed by atoms with Crippen molar-refractivity contribution in [3.05, 3.63) is 306 Å².